The third kappa shape index (κ3) is 2.65. The summed E-state index contributed by atoms with van der Waals surface area (Å²) >= 11 is 0. The Hall–Kier alpha value is -0.276. The standard InChI is InChI=1S/C8H6F3.Ti/c1-6-4-2-3-5-7(6)8(9,10)11;/h2,4-5H,1H3;/q-1;. The van der Waals surface area contributed by atoms with E-state index in [1.54, 1.807) is 0 Å². The van der Waals surface area contributed by atoms with E-state index in [2.05, 4.69) is 6.07 Å². The van der Waals surface area contributed by atoms with Crippen molar-refractivity contribution in [3.63, 3.8) is 0 Å². The van der Waals surface area contributed by atoms with Crippen LogP contribution >= 0.6 is 0 Å². The Balaban J connectivity index is 0.00000121. The van der Waals surface area contributed by atoms with E-state index in [1.807, 2.05) is 0 Å². The summed E-state index contributed by atoms with van der Waals surface area (Å²) in [5.41, 5.74) is -0.378. The summed E-state index contributed by atoms with van der Waals surface area (Å²) in [5.74, 6) is 0. The number of hydrogen-bond acceptors (Lipinski definition) is 0. The number of hydrogen-bond donors (Lipinski definition) is 0. The van der Waals surface area contributed by atoms with Crippen molar-refractivity contribution in [2.75, 3.05) is 0 Å². The molecule has 0 aliphatic rings. The molecule has 1 aromatic carbocycles. The molecule has 0 saturated heterocycles. The van der Waals surface area contributed by atoms with E-state index in [4.69, 9.17) is 0 Å². The summed E-state index contributed by atoms with van der Waals surface area (Å²) in [6, 6.07) is 6.20. The third-order valence-electron chi connectivity index (χ3n) is 1.39. The Kier molecular flexibility index (Phi) is 4.01. The van der Waals surface area contributed by atoms with Crippen LogP contribution in [0.5, 0.6) is 0 Å². The van der Waals surface area contributed by atoms with Gasteiger partial charge in [-0.3, -0.25) is 0 Å². The van der Waals surface area contributed by atoms with E-state index in [9.17, 15) is 13.2 Å². The summed E-state index contributed by atoms with van der Waals surface area (Å²) < 4.78 is 36.1. The van der Waals surface area contributed by atoms with E-state index >= 15 is 0 Å². The summed E-state index contributed by atoms with van der Waals surface area (Å²) in [5, 5.41) is 0. The van der Waals surface area contributed by atoms with Gasteiger partial charge in [0.15, 0.2) is 0 Å². The van der Waals surface area contributed by atoms with Gasteiger partial charge in [0.05, 0.1) is 0 Å². The van der Waals surface area contributed by atoms with Crippen molar-refractivity contribution in [1.82, 2.24) is 0 Å². The molecular formula is C8H6F3Ti-. The van der Waals surface area contributed by atoms with Crippen molar-refractivity contribution in [2.45, 2.75) is 13.1 Å². The van der Waals surface area contributed by atoms with Gasteiger partial charge in [0.2, 0.25) is 0 Å². The Morgan fingerprint density at radius 3 is 2.25 bits per heavy atom. The van der Waals surface area contributed by atoms with Gasteiger partial charge in [-0.2, -0.15) is 37.4 Å². The van der Waals surface area contributed by atoms with E-state index in [1.165, 1.54) is 19.1 Å². The molecular weight excluding hydrogens is 201 g/mol. The van der Waals surface area contributed by atoms with Crippen LogP contribution in [-0.4, -0.2) is 0 Å². The molecule has 0 unspecified atom stereocenters. The van der Waals surface area contributed by atoms with Gasteiger partial charge in [-0.05, 0) is 0 Å². The molecule has 0 N–H and O–H groups in total. The fourth-order valence-corrected chi connectivity index (χ4v) is 0.814. The molecule has 64 valence electrons. The Morgan fingerprint density at radius 1 is 1.33 bits per heavy atom. The van der Waals surface area contributed by atoms with Crippen LogP contribution in [0.15, 0.2) is 18.2 Å². The van der Waals surface area contributed by atoms with Gasteiger partial charge < -0.3 is 0 Å². The number of halogens is 3. The monoisotopic (exact) mass is 207 g/mol. The van der Waals surface area contributed by atoms with Gasteiger partial charge in [-0.15, -0.1) is 5.56 Å². The predicted octanol–water partition coefficient (Wildman–Crippen LogP) is 2.81. The average Bonchev–Trinajstić information content (AvgIpc) is 1.86. The molecule has 0 atom stereocenters. The van der Waals surface area contributed by atoms with Crippen LogP contribution in [0.2, 0.25) is 0 Å². The summed E-state index contributed by atoms with van der Waals surface area (Å²) in [4.78, 5) is 0. The Labute approximate surface area is 83.7 Å². The third-order valence-corrected chi connectivity index (χ3v) is 1.39. The quantitative estimate of drug-likeness (QED) is 0.453. The van der Waals surface area contributed by atoms with Gasteiger partial charge in [0.1, 0.15) is 0 Å². The summed E-state index contributed by atoms with van der Waals surface area (Å²) in [6.45, 7) is 1.43. The fourth-order valence-electron chi connectivity index (χ4n) is 0.814. The SMILES string of the molecule is Cc1cc[c-]cc1C(F)(F)F.[Ti]. The maximum absolute atomic E-state index is 12.0. The van der Waals surface area contributed by atoms with Crippen molar-refractivity contribution >= 4 is 0 Å². The second-order valence-electron chi connectivity index (χ2n) is 2.24. The maximum Gasteiger partial charge on any atom is 0.370 e. The minimum Gasteiger partial charge on any atom is -0.183 e. The molecule has 0 aliphatic heterocycles. The van der Waals surface area contributed by atoms with Crippen LogP contribution < -0.4 is 0 Å². The first-order chi connectivity index (χ1) is 5.02. The first-order valence-electron chi connectivity index (χ1n) is 3.05. The van der Waals surface area contributed by atoms with Gasteiger partial charge in [-0.1, -0.05) is 12.5 Å². The van der Waals surface area contributed by atoms with Crippen molar-refractivity contribution < 1.29 is 34.9 Å². The molecule has 1 rings (SSSR count). The molecule has 1 aromatic rings. The average molecular weight is 207 g/mol. The van der Waals surface area contributed by atoms with Crippen LogP contribution in [0.25, 0.3) is 0 Å². The smallest absolute Gasteiger partial charge is 0.183 e. The minimum atomic E-state index is -4.25. The first kappa shape index (κ1) is 11.7. The molecule has 0 spiro atoms. The van der Waals surface area contributed by atoms with Crippen LogP contribution in [0.1, 0.15) is 11.1 Å². The topological polar surface area (TPSA) is 0 Å². The van der Waals surface area contributed by atoms with Crippen molar-refractivity contribution in [2.24, 2.45) is 0 Å². The van der Waals surface area contributed by atoms with Crippen molar-refractivity contribution in [1.29, 1.82) is 0 Å². The largest absolute Gasteiger partial charge is 0.370 e. The number of alkyl halides is 3. The molecule has 0 aromatic heterocycles. The molecule has 0 bridgehead atoms. The van der Waals surface area contributed by atoms with Crippen LogP contribution in [0.3, 0.4) is 0 Å². The normalized spacial score (nSPS) is 10.7. The zero-order valence-electron chi connectivity index (χ0n) is 6.37. The van der Waals surface area contributed by atoms with Gasteiger partial charge >= 0.3 is 6.18 Å². The minimum absolute atomic E-state index is 0. The van der Waals surface area contributed by atoms with Crippen LogP contribution in [0.4, 0.5) is 13.2 Å². The predicted molar refractivity (Wildman–Crippen MR) is 35.0 cm³/mol. The molecule has 0 saturated carbocycles. The number of benzene rings is 1. The van der Waals surface area contributed by atoms with Crippen molar-refractivity contribution in [3.05, 3.63) is 35.4 Å². The second-order valence-corrected chi connectivity index (χ2v) is 2.24. The molecule has 0 aliphatic carbocycles. The van der Waals surface area contributed by atoms with E-state index < -0.39 is 11.7 Å². The van der Waals surface area contributed by atoms with Gasteiger partial charge in [0, 0.05) is 21.7 Å². The van der Waals surface area contributed by atoms with Gasteiger partial charge in [-0.25, -0.2) is 0 Å². The van der Waals surface area contributed by atoms with Gasteiger partial charge in [0.25, 0.3) is 0 Å². The zero-order valence-corrected chi connectivity index (χ0v) is 7.93. The second kappa shape index (κ2) is 4.10. The molecule has 0 fully saturated rings. The van der Waals surface area contributed by atoms with Crippen molar-refractivity contribution in [3.8, 4) is 0 Å². The summed E-state index contributed by atoms with van der Waals surface area (Å²) in [7, 11) is 0. The van der Waals surface area contributed by atoms with E-state index in [0.717, 1.165) is 6.07 Å². The van der Waals surface area contributed by atoms with Crippen LogP contribution in [-0.2, 0) is 27.9 Å². The molecule has 0 amide bonds. The summed E-state index contributed by atoms with van der Waals surface area (Å²) in [6.07, 6.45) is -4.25. The first-order valence-corrected chi connectivity index (χ1v) is 3.05. The Morgan fingerprint density at radius 2 is 1.92 bits per heavy atom. The van der Waals surface area contributed by atoms with E-state index in [0.29, 0.717) is 0 Å². The fraction of sp³-hybridized carbons (Fsp3) is 0.250. The zero-order chi connectivity index (χ0) is 8.48. The maximum atomic E-state index is 12.0. The van der Waals surface area contributed by atoms with Crippen LogP contribution in [0, 0.1) is 13.0 Å². The molecule has 0 heterocycles. The molecule has 4 heteroatoms. The number of rotatable bonds is 0. The molecule has 0 nitrogen and oxygen atoms in total. The Bertz CT molecular complexity index is 255. The molecule has 12 heavy (non-hydrogen) atoms. The number of aryl methyl sites for hydroxylation is 1. The van der Waals surface area contributed by atoms with E-state index in [-0.39, 0.29) is 27.3 Å². The molecule has 0 radical (unpaired) electrons.